The van der Waals surface area contributed by atoms with E-state index in [1.807, 2.05) is 20.9 Å². The first kappa shape index (κ1) is 39.1. The van der Waals surface area contributed by atoms with E-state index in [-0.39, 0.29) is 50.6 Å². The molecule has 0 radical (unpaired) electrons. The third-order valence-corrected chi connectivity index (χ3v) is 15.0. The number of likely N-dealkylation sites (N-methyl/N-ethyl adjacent to an activating group) is 1. The monoisotopic (exact) mass is 805 g/mol. The van der Waals surface area contributed by atoms with Crippen LogP contribution in [0.2, 0.25) is 0 Å². The second-order valence-electron chi connectivity index (χ2n) is 16.7. The summed E-state index contributed by atoms with van der Waals surface area (Å²) in [5.41, 5.74) is 8.37. The number of benzene rings is 3. The fourth-order valence-corrected chi connectivity index (χ4v) is 12.0. The number of nitrogens with zero attached hydrogens (tertiary/aromatic N) is 3. The van der Waals surface area contributed by atoms with Gasteiger partial charge in [0, 0.05) is 59.7 Å². The van der Waals surface area contributed by atoms with E-state index < -0.39 is 35.7 Å². The minimum Gasteiger partial charge on any atom is -0.467 e. The van der Waals surface area contributed by atoms with E-state index in [0.29, 0.717) is 34.8 Å². The van der Waals surface area contributed by atoms with Gasteiger partial charge >= 0.3 is 5.97 Å². The van der Waals surface area contributed by atoms with Gasteiger partial charge in [-0.2, -0.15) is 17.0 Å². The van der Waals surface area contributed by atoms with Crippen molar-refractivity contribution >= 4 is 17.7 Å². The second kappa shape index (κ2) is 15.0. The molecule has 58 heavy (non-hydrogen) atoms. The Morgan fingerprint density at radius 1 is 1.07 bits per heavy atom. The van der Waals surface area contributed by atoms with Crippen LogP contribution in [0.15, 0.2) is 77.3 Å². The summed E-state index contributed by atoms with van der Waals surface area (Å²) in [4.78, 5) is 18.3. The molecule has 0 spiro atoms. The number of methoxy groups -OCH3 is 1. The van der Waals surface area contributed by atoms with Crippen molar-refractivity contribution in [1.82, 2.24) is 9.80 Å². The molecule has 12 heteroatoms. The number of fused-ring (bicyclic) bond motifs is 11. The lowest BCUT2D eigenvalue weighted by Crippen LogP contribution is -2.74. The number of nitriles is 1. The van der Waals surface area contributed by atoms with E-state index in [9.17, 15) is 20.3 Å². The standard InChI is InChI=1S/C46H51N3O8S/c1-24-15-28-16-34-36(18-47)49-35(40(48(34)5)38(28)41(26(24)3)55-22-53-6)17-46(52)39(43-42(56-23-57-43)27(4)44(46)50)37(49)19-54-45(51)25(2)20-58-21-33-31-13-9-7-11-29(31)30-12-8-10-14-32(30)33/h7-15,25,33-37,40,44,50,52H,16-17,19-23H2,1-6H3/t25-,34+,35?,36+,37+,40+,44?,46?/m1/s1. The Hall–Kier alpha value is -4.35. The van der Waals surface area contributed by atoms with Crippen molar-refractivity contribution in [2.45, 2.75) is 88.4 Å². The first-order valence-corrected chi connectivity index (χ1v) is 21.3. The maximum atomic E-state index is 14.0. The normalized spacial score (nSPS) is 28.9. The Labute approximate surface area is 344 Å². The molecule has 3 saturated heterocycles. The molecule has 304 valence electrons. The molecule has 2 N–H and O–H groups in total. The Balaban J connectivity index is 1.03. The van der Waals surface area contributed by atoms with Crippen LogP contribution in [0.5, 0.6) is 5.75 Å². The predicted octanol–water partition coefficient (Wildman–Crippen LogP) is 5.90. The Kier molecular flexibility index (Phi) is 10.1. The summed E-state index contributed by atoms with van der Waals surface area (Å²) < 4.78 is 29.9. The number of ether oxygens (including phenoxy) is 5. The van der Waals surface area contributed by atoms with Gasteiger partial charge in [-0.25, -0.2) is 0 Å². The molecule has 4 heterocycles. The van der Waals surface area contributed by atoms with Crippen LogP contribution in [0.1, 0.15) is 65.6 Å². The lowest BCUT2D eigenvalue weighted by Gasteiger charge is -2.63. The van der Waals surface area contributed by atoms with Crippen molar-refractivity contribution in [2.24, 2.45) is 5.92 Å². The lowest BCUT2D eigenvalue weighted by molar-refractivity contribution is -0.163. The topological polar surface area (TPSA) is 134 Å². The molecule has 8 atom stereocenters. The van der Waals surface area contributed by atoms with E-state index >= 15 is 0 Å². The van der Waals surface area contributed by atoms with Gasteiger partial charge in [0.25, 0.3) is 0 Å². The highest BCUT2D eigenvalue weighted by molar-refractivity contribution is 7.99. The van der Waals surface area contributed by atoms with Gasteiger partial charge in [-0.15, -0.1) is 0 Å². The van der Waals surface area contributed by atoms with E-state index in [1.54, 1.807) is 25.8 Å². The molecule has 3 aromatic carbocycles. The number of esters is 1. The maximum Gasteiger partial charge on any atom is 0.309 e. The number of aliphatic hydroxyl groups excluding tert-OH is 1. The molecule has 11 nitrogen and oxygen atoms in total. The average Bonchev–Trinajstić information content (AvgIpc) is 3.83. The van der Waals surface area contributed by atoms with Gasteiger partial charge in [0.1, 0.15) is 30.1 Å². The van der Waals surface area contributed by atoms with Crippen LogP contribution in [-0.4, -0.2) is 108 Å². The van der Waals surface area contributed by atoms with Crippen LogP contribution in [0.25, 0.3) is 11.1 Å². The Morgan fingerprint density at radius 2 is 1.76 bits per heavy atom. The summed E-state index contributed by atoms with van der Waals surface area (Å²) in [6, 6.07) is 19.4. The molecular formula is C46H51N3O8S. The first-order valence-electron chi connectivity index (χ1n) is 20.2. The summed E-state index contributed by atoms with van der Waals surface area (Å²) in [6.45, 7) is 7.56. The number of piperidine rings is 1. The SMILES string of the molecule is COCOc1c(C)c(C)cc2c1[C@@H]1C3CC4(O)C(=C5OCOC5=C(C)C4O)[C@H](COC(=O)[C@H](C)CSCC4c5ccccc5-c5ccccc54)N3[C@@H](C#N)[C@H](C2)N1C. The third-order valence-electron chi connectivity index (χ3n) is 13.6. The number of thioether (sulfide) groups is 1. The van der Waals surface area contributed by atoms with Crippen molar-refractivity contribution in [1.29, 1.82) is 5.26 Å². The lowest BCUT2D eigenvalue weighted by atomic mass is 9.64. The number of piperazine rings is 1. The summed E-state index contributed by atoms with van der Waals surface area (Å²) in [6.07, 6.45) is -0.643. The van der Waals surface area contributed by atoms with Crippen molar-refractivity contribution in [3.8, 4) is 22.9 Å². The van der Waals surface area contributed by atoms with Crippen LogP contribution in [0, 0.1) is 31.1 Å². The molecule has 9 rings (SSSR count). The van der Waals surface area contributed by atoms with Crippen molar-refractivity contribution < 1.29 is 38.7 Å². The molecule has 6 aliphatic rings. The van der Waals surface area contributed by atoms with Crippen LogP contribution < -0.4 is 4.74 Å². The molecule has 2 aliphatic carbocycles. The fraction of sp³-hybridized carbons (Fsp3) is 0.478. The molecule has 0 aromatic heterocycles. The van der Waals surface area contributed by atoms with Crippen LogP contribution in [0.3, 0.4) is 0 Å². The number of hydrogen-bond donors (Lipinski definition) is 2. The molecule has 0 saturated carbocycles. The summed E-state index contributed by atoms with van der Waals surface area (Å²) in [7, 11) is 3.62. The third kappa shape index (κ3) is 5.92. The second-order valence-corrected chi connectivity index (χ2v) is 17.8. The number of rotatable bonds is 10. The highest BCUT2D eigenvalue weighted by atomic mass is 32.2. The maximum absolute atomic E-state index is 14.0. The molecule has 3 unspecified atom stereocenters. The van der Waals surface area contributed by atoms with Crippen molar-refractivity contribution in [3.05, 3.63) is 111 Å². The fourth-order valence-electron chi connectivity index (χ4n) is 10.8. The van der Waals surface area contributed by atoms with Gasteiger partial charge in [0.15, 0.2) is 18.3 Å². The first-order chi connectivity index (χ1) is 28.0. The van der Waals surface area contributed by atoms with E-state index in [0.717, 1.165) is 33.8 Å². The molecule has 3 aromatic rings. The zero-order valence-corrected chi connectivity index (χ0v) is 34.7. The zero-order valence-electron chi connectivity index (χ0n) is 33.9. The van der Waals surface area contributed by atoms with Crippen molar-refractivity contribution in [3.63, 3.8) is 0 Å². The predicted molar refractivity (Wildman–Crippen MR) is 219 cm³/mol. The average molecular weight is 806 g/mol. The summed E-state index contributed by atoms with van der Waals surface area (Å²) in [5.74, 6) is 2.30. The summed E-state index contributed by atoms with van der Waals surface area (Å²) in [5, 5.41) is 36.0. The minimum absolute atomic E-state index is 0.0606. The highest BCUT2D eigenvalue weighted by Gasteiger charge is 2.64. The number of aliphatic hydroxyl groups is 2. The highest BCUT2D eigenvalue weighted by Crippen LogP contribution is 2.57. The Morgan fingerprint density at radius 3 is 2.45 bits per heavy atom. The minimum atomic E-state index is -1.80. The number of carbonyl (C=O) groups is 1. The number of hydrogen-bond acceptors (Lipinski definition) is 12. The Bertz CT molecular complexity index is 2220. The van der Waals surface area contributed by atoms with Crippen LogP contribution >= 0.6 is 11.8 Å². The molecule has 0 amide bonds. The van der Waals surface area contributed by atoms with E-state index in [2.05, 4.69) is 77.4 Å². The molecule has 4 aliphatic heterocycles. The largest absolute Gasteiger partial charge is 0.467 e. The quantitative estimate of drug-likeness (QED) is 0.187. The molecule has 2 bridgehead atoms. The van der Waals surface area contributed by atoms with Gasteiger partial charge in [-0.1, -0.05) is 61.5 Å². The van der Waals surface area contributed by atoms with E-state index in [1.165, 1.54) is 22.3 Å². The summed E-state index contributed by atoms with van der Waals surface area (Å²) >= 11 is 1.74. The van der Waals surface area contributed by atoms with Gasteiger partial charge in [0.2, 0.25) is 6.79 Å². The van der Waals surface area contributed by atoms with Gasteiger partial charge in [-0.3, -0.25) is 14.6 Å². The van der Waals surface area contributed by atoms with Gasteiger partial charge in [-0.05, 0) is 73.2 Å². The zero-order chi connectivity index (χ0) is 40.6. The van der Waals surface area contributed by atoms with Crippen LogP contribution in [-0.2, 0) is 30.2 Å². The molecule has 3 fully saturated rings. The van der Waals surface area contributed by atoms with Gasteiger partial charge in [0.05, 0.1) is 24.1 Å². The van der Waals surface area contributed by atoms with Crippen LogP contribution in [0.4, 0.5) is 0 Å². The number of aryl methyl sites for hydroxylation is 1. The number of carbonyl (C=O) groups excluding carboxylic acids is 1. The van der Waals surface area contributed by atoms with Crippen molar-refractivity contribution in [2.75, 3.05) is 45.9 Å². The smallest absolute Gasteiger partial charge is 0.309 e. The van der Waals surface area contributed by atoms with Gasteiger partial charge < -0.3 is 33.9 Å². The van der Waals surface area contributed by atoms with E-state index in [4.69, 9.17) is 23.7 Å². The molecular weight excluding hydrogens is 755 g/mol.